The smallest absolute Gasteiger partial charge is 0.254 e. The first-order valence-corrected chi connectivity index (χ1v) is 6.68. The molecule has 0 aliphatic carbocycles. The summed E-state index contributed by atoms with van der Waals surface area (Å²) >= 11 is 5.03. The van der Waals surface area contributed by atoms with Crippen LogP contribution < -0.4 is 11.3 Å². The molecule has 0 spiro atoms. The molecule has 0 saturated carbocycles. The van der Waals surface area contributed by atoms with Gasteiger partial charge in [0.25, 0.3) is 11.5 Å². The Morgan fingerprint density at radius 3 is 2.84 bits per heavy atom. The standard InChI is InChI=1S/C13H17N3O2S/c1-15-7-5-9(8-11(15)17)13(18)16-6-3-2-4-10(16)12(14)19/h5,7-8,10H,2-4,6H2,1H3,(H2,14,19). The molecule has 1 unspecified atom stereocenters. The van der Waals surface area contributed by atoms with E-state index in [-0.39, 0.29) is 17.5 Å². The summed E-state index contributed by atoms with van der Waals surface area (Å²) in [4.78, 5) is 26.1. The van der Waals surface area contributed by atoms with Gasteiger partial charge in [0.2, 0.25) is 0 Å². The molecule has 102 valence electrons. The molecule has 1 saturated heterocycles. The Balaban J connectivity index is 2.28. The van der Waals surface area contributed by atoms with Gasteiger partial charge in [-0.2, -0.15) is 0 Å². The van der Waals surface area contributed by atoms with Gasteiger partial charge in [-0.25, -0.2) is 0 Å². The van der Waals surface area contributed by atoms with Crippen molar-refractivity contribution < 1.29 is 4.79 Å². The lowest BCUT2D eigenvalue weighted by molar-refractivity contribution is 0.0681. The quantitative estimate of drug-likeness (QED) is 0.808. The molecular weight excluding hydrogens is 262 g/mol. The number of thiocarbonyl (C=S) groups is 1. The van der Waals surface area contributed by atoms with Gasteiger partial charge in [-0.3, -0.25) is 9.59 Å². The van der Waals surface area contributed by atoms with Gasteiger partial charge in [0.1, 0.15) is 0 Å². The van der Waals surface area contributed by atoms with Crippen molar-refractivity contribution in [3.63, 3.8) is 0 Å². The Morgan fingerprint density at radius 2 is 2.21 bits per heavy atom. The molecule has 0 bridgehead atoms. The normalized spacial score (nSPS) is 19.2. The zero-order valence-corrected chi connectivity index (χ0v) is 11.7. The summed E-state index contributed by atoms with van der Waals surface area (Å²) in [6, 6.07) is 2.81. The van der Waals surface area contributed by atoms with Crippen LogP contribution >= 0.6 is 12.2 Å². The van der Waals surface area contributed by atoms with E-state index >= 15 is 0 Å². The number of likely N-dealkylation sites (tertiary alicyclic amines) is 1. The van der Waals surface area contributed by atoms with Gasteiger partial charge in [-0.05, 0) is 25.3 Å². The van der Waals surface area contributed by atoms with Gasteiger partial charge < -0.3 is 15.2 Å². The summed E-state index contributed by atoms with van der Waals surface area (Å²) in [6.07, 6.45) is 4.35. The summed E-state index contributed by atoms with van der Waals surface area (Å²) in [5.41, 5.74) is 5.89. The predicted octanol–water partition coefficient (Wildman–Crippen LogP) is 0.666. The van der Waals surface area contributed by atoms with E-state index < -0.39 is 0 Å². The first kappa shape index (κ1) is 13.7. The third-order valence-electron chi connectivity index (χ3n) is 3.44. The van der Waals surface area contributed by atoms with Crippen LogP contribution in [0.15, 0.2) is 23.1 Å². The summed E-state index contributed by atoms with van der Waals surface area (Å²) in [7, 11) is 1.65. The monoisotopic (exact) mass is 279 g/mol. The number of aromatic nitrogens is 1. The van der Waals surface area contributed by atoms with Crippen LogP contribution in [0.25, 0.3) is 0 Å². The minimum Gasteiger partial charge on any atom is -0.392 e. The predicted molar refractivity (Wildman–Crippen MR) is 77.1 cm³/mol. The van der Waals surface area contributed by atoms with Gasteiger partial charge >= 0.3 is 0 Å². The molecule has 1 atom stereocenters. The number of rotatable bonds is 2. The van der Waals surface area contributed by atoms with E-state index in [1.807, 2.05) is 0 Å². The first-order chi connectivity index (χ1) is 9.00. The molecular formula is C13H17N3O2S. The van der Waals surface area contributed by atoms with Crippen molar-refractivity contribution in [2.45, 2.75) is 25.3 Å². The molecule has 2 heterocycles. The average molecular weight is 279 g/mol. The van der Waals surface area contributed by atoms with Gasteiger partial charge in [0.15, 0.2) is 0 Å². The minimum absolute atomic E-state index is 0.171. The highest BCUT2D eigenvalue weighted by Gasteiger charge is 2.29. The van der Waals surface area contributed by atoms with Crippen LogP contribution in [0.3, 0.4) is 0 Å². The number of hydrogen-bond acceptors (Lipinski definition) is 3. The van der Waals surface area contributed by atoms with Crippen LogP contribution in [-0.4, -0.2) is 32.9 Å². The van der Waals surface area contributed by atoms with E-state index in [4.69, 9.17) is 18.0 Å². The Kier molecular flexibility index (Phi) is 3.99. The van der Waals surface area contributed by atoms with Gasteiger partial charge in [-0.15, -0.1) is 0 Å². The van der Waals surface area contributed by atoms with E-state index in [9.17, 15) is 9.59 Å². The van der Waals surface area contributed by atoms with E-state index in [0.717, 1.165) is 19.3 Å². The van der Waals surface area contributed by atoms with Crippen LogP contribution in [0.2, 0.25) is 0 Å². The number of aryl methyl sites for hydroxylation is 1. The van der Waals surface area contributed by atoms with Crippen LogP contribution in [0.4, 0.5) is 0 Å². The number of hydrogen-bond donors (Lipinski definition) is 1. The Morgan fingerprint density at radius 1 is 1.47 bits per heavy atom. The van der Waals surface area contributed by atoms with Crippen molar-refractivity contribution in [1.82, 2.24) is 9.47 Å². The lowest BCUT2D eigenvalue weighted by Gasteiger charge is -2.35. The largest absolute Gasteiger partial charge is 0.392 e. The van der Waals surface area contributed by atoms with Crippen LogP contribution in [0.5, 0.6) is 0 Å². The number of nitrogens with two attached hydrogens (primary N) is 1. The van der Waals surface area contributed by atoms with Crippen LogP contribution in [0.1, 0.15) is 29.6 Å². The number of pyridine rings is 1. The van der Waals surface area contributed by atoms with E-state index in [1.54, 1.807) is 24.2 Å². The molecule has 1 aliphatic heterocycles. The summed E-state index contributed by atoms with van der Waals surface area (Å²) in [6.45, 7) is 0.635. The summed E-state index contributed by atoms with van der Waals surface area (Å²) < 4.78 is 1.43. The zero-order chi connectivity index (χ0) is 14.0. The fourth-order valence-corrected chi connectivity index (χ4v) is 2.56. The fourth-order valence-electron chi connectivity index (χ4n) is 2.32. The van der Waals surface area contributed by atoms with Crippen LogP contribution in [0, 0.1) is 0 Å². The number of nitrogens with zero attached hydrogens (tertiary/aromatic N) is 2. The highest BCUT2D eigenvalue weighted by molar-refractivity contribution is 7.80. The van der Waals surface area contributed by atoms with Crippen molar-refractivity contribution in [1.29, 1.82) is 0 Å². The number of amides is 1. The van der Waals surface area contributed by atoms with E-state index in [2.05, 4.69) is 0 Å². The van der Waals surface area contributed by atoms with Crippen molar-refractivity contribution >= 4 is 23.1 Å². The topological polar surface area (TPSA) is 68.3 Å². The molecule has 1 fully saturated rings. The summed E-state index contributed by atoms with van der Waals surface area (Å²) in [5.74, 6) is -0.171. The Bertz CT molecular complexity index is 567. The second-order valence-electron chi connectivity index (χ2n) is 4.78. The highest BCUT2D eigenvalue weighted by atomic mass is 32.1. The maximum atomic E-state index is 12.4. The zero-order valence-electron chi connectivity index (χ0n) is 10.8. The molecule has 1 amide bonds. The van der Waals surface area contributed by atoms with Gasteiger partial charge in [0, 0.05) is 31.4 Å². The first-order valence-electron chi connectivity index (χ1n) is 6.27. The second-order valence-corrected chi connectivity index (χ2v) is 5.25. The molecule has 5 nitrogen and oxygen atoms in total. The lowest BCUT2D eigenvalue weighted by Crippen LogP contribution is -2.50. The SMILES string of the molecule is Cn1ccc(C(=O)N2CCCCC2C(N)=S)cc1=O. The van der Waals surface area contributed by atoms with Gasteiger partial charge in [0.05, 0.1) is 11.0 Å². The minimum atomic E-state index is -0.199. The molecule has 2 N–H and O–H groups in total. The van der Waals surface area contributed by atoms with Crippen molar-refractivity contribution in [2.24, 2.45) is 12.8 Å². The summed E-state index contributed by atoms with van der Waals surface area (Å²) in [5, 5.41) is 0. The molecule has 1 aliphatic rings. The lowest BCUT2D eigenvalue weighted by atomic mass is 10.0. The van der Waals surface area contributed by atoms with E-state index in [0.29, 0.717) is 17.1 Å². The van der Waals surface area contributed by atoms with Crippen molar-refractivity contribution in [3.05, 3.63) is 34.2 Å². The third kappa shape index (κ3) is 2.84. The molecule has 0 aromatic carbocycles. The molecule has 19 heavy (non-hydrogen) atoms. The van der Waals surface area contributed by atoms with Crippen molar-refractivity contribution in [3.8, 4) is 0 Å². The maximum absolute atomic E-state index is 12.4. The second kappa shape index (κ2) is 5.52. The van der Waals surface area contributed by atoms with Crippen molar-refractivity contribution in [2.75, 3.05) is 6.54 Å². The third-order valence-corrected chi connectivity index (χ3v) is 3.72. The average Bonchev–Trinajstić information content (AvgIpc) is 2.41. The van der Waals surface area contributed by atoms with E-state index in [1.165, 1.54) is 10.6 Å². The number of piperidine rings is 1. The highest BCUT2D eigenvalue weighted by Crippen LogP contribution is 2.19. The maximum Gasteiger partial charge on any atom is 0.254 e. The molecule has 1 aromatic heterocycles. The molecule has 1 aromatic rings. The van der Waals surface area contributed by atoms with Gasteiger partial charge in [-0.1, -0.05) is 12.2 Å². The molecule has 0 radical (unpaired) electrons. The number of carbonyl (C=O) groups is 1. The number of carbonyl (C=O) groups excluding carboxylic acids is 1. The Hall–Kier alpha value is -1.69. The molecule has 2 rings (SSSR count). The molecule has 6 heteroatoms. The Labute approximate surface area is 117 Å². The van der Waals surface area contributed by atoms with Crippen LogP contribution in [-0.2, 0) is 7.05 Å². The fraction of sp³-hybridized carbons (Fsp3) is 0.462.